The Morgan fingerprint density at radius 3 is 2.81 bits per heavy atom. The number of hydrogen-bond donors (Lipinski definition) is 2. The molecule has 21 heavy (non-hydrogen) atoms. The molecule has 4 nitrogen and oxygen atoms in total. The highest BCUT2D eigenvalue weighted by Crippen LogP contribution is 2.23. The monoisotopic (exact) mass is 354 g/mol. The van der Waals surface area contributed by atoms with Crippen molar-refractivity contribution < 1.29 is 9.53 Å². The molecule has 1 aliphatic heterocycles. The molecular weight excluding hydrogens is 332 g/mol. The smallest absolute Gasteiger partial charge is 0.252 e. The van der Waals surface area contributed by atoms with Gasteiger partial charge in [-0.3, -0.25) is 4.79 Å². The van der Waals surface area contributed by atoms with Crippen LogP contribution in [0.3, 0.4) is 0 Å². The van der Waals surface area contributed by atoms with Gasteiger partial charge in [-0.1, -0.05) is 28.1 Å². The second-order valence-electron chi connectivity index (χ2n) is 5.66. The van der Waals surface area contributed by atoms with Crippen molar-refractivity contribution in [3.63, 3.8) is 0 Å². The van der Waals surface area contributed by atoms with Crippen LogP contribution in [0.4, 0.5) is 0 Å². The van der Waals surface area contributed by atoms with Gasteiger partial charge in [0.2, 0.25) is 0 Å². The average molecular weight is 355 g/mol. The molecule has 1 atom stereocenters. The highest BCUT2D eigenvalue weighted by Gasteiger charge is 2.39. The van der Waals surface area contributed by atoms with E-state index in [-0.39, 0.29) is 11.9 Å². The molecule has 1 fully saturated rings. The molecule has 1 unspecified atom stereocenters. The summed E-state index contributed by atoms with van der Waals surface area (Å²) in [6.07, 6.45) is 2.25. The summed E-state index contributed by atoms with van der Waals surface area (Å²) in [5, 5.41) is 6.37. The molecule has 0 spiro atoms. The minimum Gasteiger partial charge on any atom is -0.368 e. The minimum atomic E-state index is -0.670. The lowest BCUT2D eigenvalue weighted by molar-refractivity contribution is -0.147. The van der Waals surface area contributed by atoms with Crippen LogP contribution in [0.5, 0.6) is 0 Å². The molecule has 116 valence electrons. The molecule has 1 aliphatic rings. The molecule has 1 heterocycles. The molecule has 1 saturated heterocycles. The van der Waals surface area contributed by atoms with E-state index in [0.717, 1.165) is 36.8 Å². The maximum Gasteiger partial charge on any atom is 0.252 e. The van der Waals surface area contributed by atoms with Crippen LogP contribution in [-0.2, 0) is 16.0 Å². The molecule has 0 aromatic heterocycles. The molecule has 1 aromatic carbocycles. The number of halogens is 1. The third-order valence-corrected chi connectivity index (χ3v) is 4.52. The molecule has 2 rings (SSSR count). The van der Waals surface area contributed by atoms with Crippen LogP contribution in [-0.4, -0.2) is 37.7 Å². The first-order chi connectivity index (χ1) is 10.1. The summed E-state index contributed by atoms with van der Waals surface area (Å²) < 4.78 is 6.61. The highest BCUT2D eigenvalue weighted by atomic mass is 79.9. The van der Waals surface area contributed by atoms with Crippen molar-refractivity contribution in [1.29, 1.82) is 0 Å². The van der Waals surface area contributed by atoms with Crippen LogP contribution >= 0.6 is 15.9 Å². The van der Waals surface area contributed by atoms with Gasteiger partial charge < -0.3 is 15.4 Å². The first-order valence-electron chi connectivity index (χ1n) is 7.37. The first-order valence-corrected chi connectivity index (χ1v) is 8.16. The molecule has 0 bridgehead atoms. The van der Waals surface area contributed by atoms with Crippen LogP contribution in [0.25, 0.3) is 0 Å². The van der Waals surface area contributed by atoms with E-state index in [1.165, 1.54) is 5.56 Å². The van der Waals surface area contributed by atoms with Crippen LogP contribution < -0.4 is 10.6 Å². The number of benzene rings is 1. The number of amides is 1. The predicted octanol–water partition coefficient (Wildman–Crippen LogP) is 2.26. The van der Waals surface area contributed by atoms with E-state index >= 15 is 0 Å². The summed E-state index contributed by atoms with van der Waals surface area (Å²) in [5.74, 6) is 0.00833. The van der Waals surface area contributed by atoms with Gasteiger partial charge in [0.25, 0.3) is 5.91 Å². The Kier molecular flexibility index (Phi) is 5.79. The number of piperidine rings is 1. The van der Waals surface area contributed by atoms with E-state index in [4.69, 9.17) is 4.74 Å². The normalized spacial score (nSPS) is 19.0. The van der Waals surface area contributed by atoms with E-state index in [1.54, 1.807) is 7.11 Å². The van der Waals surface area contributed by atoms with Gasteiger partial charge >= 0.3 is 0 Å². The Labute approximate surface area is 134 Å². The van der Waals surface area contributed by atoms with Gasteiger partial charge in [-0.05, 0) is 57.0 Å². The third-order valence-electron chi connectivity index (χ3n) is 4.02. The van der Waals surface area contributed by atoms with E-state index in [2.05, 4.69) is 38.7 Å². The number of rotatable bonds is 5. The van der Waals surface area contributed by atoms with E-state index in [9.17, 15) is 4.79 Å². The zero-order valence-corrected chi connectivity index (χ0v) is 14.2. The standard InChI is InChI=1S/C16H23BrN2O2/c1-12(10-13-4-3-5-14(17)11-13)19-15(20)16(21-2)6-8-18-9-7-16/h3-5,11-12,18H,6-10H2,1-2H3,(H,19,20). The third kappa shape index (κ3) is 4.28. The van der Waals surface area contributed by atoms with Gasteiger partial charge in [-0.15, -0.1) is 0 Å². The summed E-state index contributed by atoms with van der Waals surface area (Å²) in [6.45, 7) is 3.67. The molecular formula is C16H23BrN2O2. The Morgan fingerprint density at radius 1 is 1.48 bits per heavy atom. The summed E-state index contributed by atoms with van der Waals surface area (Å²) in [6, 6.07) is 8.25. The fraction of sp³-hybridized carbons (Fsp3) is 0.562. The number of methoxy groups -OCH3 is 1. The van der Waals surface area contributed by atoms with Crippen LogP contribution in [0.15, 0.2) is 28.7 Å². The van der Waals surface area contributed by atoms with E-state index in [1.807, 2.05) is 19.1 Å². The molecule has 1 amide bonds. The number of nitrogens with one attached hydrogen (secondary N) is 2. The predicted molar refractivity (Wildman–Crippen MR) is 87.3 cm³/mol. The van der Waals surface area contributed by atoms with Gasteiger partial charge in [0.1, 0.15) is 5.60 Å². The van der Waals surface area contributed by atoms with Crippen molar-refractivity contribution in [3.05, 3.63) is 34.3 Å². The Balaban J connectivity index is 1.95. The van der Waals surface area contributed by atoms with Gasteiger partial charge in [0.05, 0.1) is 0 Å². The Bertz CT molecular complexity index is 487. The molecule has 0 radical (unpaired) electrons. The van der Waals surface area contributed by atoms with Crippen molar-refractivity contribution >= 4 is 21.8 Å². The second-order valence-corrected chi connectivity index (χ2v) is 6.57. The van der Waals surface area contributed by atoms with Crippen molar-refractivity contribution in [2.75, 3.05) is 20.2 Å². The molecule has 0 saturated carbocycles. The highest BCUT2D eigenvalue weighted by molar-refractivity contribution is 9.10. The zero-order valence-electron chi connectivity index (χ0n) is 12.6. The summed E-state index contributed by atoms with van der Waals surface area (Å²) in [5.41, 5.74) is 0.533. The number of hydrogen-bond acceptors (Lipinski definition) is 3. The maximum atomic E-state index is 12.5. The number of ether oxygens (including phenoxy) is 1. The average Bonchev–Trinajstić information content (AvgIpc) is 2.47. The lowest BCUT2D eigenvalue weighted by Gasteiger charge is -2.35. The molecule has 2 N–H and O–H groups in total. The lowest BCUT2D eigenvalue weighted by atomic mass is 9.90. The Morgan fingerprint density at radius 2 is 2.19 bits per heavy atom. The molecule has 1 aromatic rings. The Hall–Kier alpha value is -0.910. The largest absolute Gasteiger partial charge is 0.368 e. The lowest BCUT2D eigenvalue weighted by Crippen LogP contribution is -2.55. The van der Waals surface area contributed by atoms with E-state index < -0.39 is 5.60 Å². The molecule has 5 heteroatoms. The SMILES string of the molecule is COC1(C(=O)NC(C)Cc2cccc(Br)c2)CCNCC1. The topological polar surface area (TPSA) is 50.4 Å². The summed E-state index contributed by atoms with van der Waals surface area (Å²) >= 11 is 3.47. The fourth-order valence-corrected chi connectivity index (χ4v) is 3.22. The van der Waals surface area contributed by atoms with Gasteiger partial charge in [0, 0.05) is 17.6 Å². The minimum absolute atomic E-state index is 0.00833. The number of carbonyl (C=O) groups excluding carboxylic acids is 1. The summed E-state index contributed by atoms with van der Waals surface area (Å²) in [4.78, 5) is 12.5. The van der Waals surface area contributed by atoms with Gasteiger partial charge in [-0.2, -0.15) is 0 Å². The van der Waals surface area contributed by atoms with Crippen molar-refractivity contribution in [1.82, 2.24) is 10.6 Å². The second kappa shape index (κ2) is 7.38. The van der Waals surface area contributed by atoms with E-state index in [0.29, 0.717) is 0 Å². The van der Waals surface area contributed by atoms with Gasteiger partial charge in [0.15, 0.2) is 0 Å². The number of carbonyl (C=O) groups is 1. The van der Waals surface area contributed by atoms with Crippen molar-refractivity contribution in [2.24, 2.45) is 0 Å². The molecule has 0 aliphatic carbocycles. The first kappa shape index (κ1) is 16.5. The van der Waals surface area contributed by atoms with Crippen LogP contribution in [0.1, 0.15) is 25.3 Å². The van der Waals surface area contributed by atoms with Crippen molar-refractivity contribution in [2.45, 2.75) is 37.8 Å². The quantitative estimate of drug-likeness (QED) is 0.852. The fourth-order valence-electron chi connectivity index (χ4n) is 2.78. The zero-order chi connectivity index (χ0) is 15.3. The van der Waals surface area contributed by atoms with Crippen LogP contribution in [0.2, 0.25) is 0 Å². The maximum absolute atomic E-state index is 12.5. The van der Waals surface area contributed by atoms with Crippen LogP contribution in [0, 0.1) is 0 Å². The summed E-state index contributed by atoms with van der Waals surface area (Å²) in [7, 11) is 1.63. The van der Waals surface area contributed by atoms with Gasteiger partial charge in [-0.25, -0.2) is 0 Å². The van der Waals surface area contributed by atoms with Crippen molar-refractivity contribution in [3.8, 4) is 0 Å².